The van der Waals surface area contributed by atoms with Crippen molar-refractivity contribution in [2.75, 3.05) is 5.32 Å². The number of carbonyl (C=O) groups is 1. The fourth-order valence-electron chi connectivity index (χ4n) is 1.92. The molecule has 0 unspecified atom stereocenters. The molecule has 0 saturated heterocycles. The van der Waals surface area contributed by atoms with Gasteiger partial charge in [0.25, 0.3) is 5.56 Å². The number of hydrogen-bond acceptors (Lipinski definition) is 3. The van der Waals surface area contributed by atoms with Crippen molar-refractivity contribution in [3.63, 3.8) is 0 Å². The summed E-state index contributed by atoms with van der Waals surface area (Å²) in [6.45, 7) is 1.86. The van der Waals surface area contributed by atoms with Gasteiger partial charge in [-0.2, -0.15) is 13.2 Å². The number of hydrogen-bond donors (Lipinski definition) is 3. The number of rotatable bonds is 4. The topological polar surface area (TPSA) is 74.0 Å². The third-order valence-corrected chi connectivity index (χ3v) is 4.06. The molecule has 9 heteroatoms. The molecular formula is C14H14F3N3O2S. The van der Waals surface area contributed by atoms with Gasteiger partial charge in [-0.1, -0.05) is 13.0 Å². The molecule has 0 saturated carbocycles. The van der Waals surface area contributed by atoms with Crippen LogP contribution in [0.15, 0.2) is 34.6 Å². The number of carbonyl (C=O) groups excluding carboxylic acids is 1. The average molecular weight is 345 g/mol. The predicted molar refractivity (Wildman–Crippen MR) is 81.6 cm³/mol. The highest BCUT2D eigenvalue weighted by molar-refractivity contribution is 7.10. The smallest absolute Gasteiger partial charge is 0.330 e. The van der Waals surface area contributed by atoms with Gasteiger partial charge in [-0.25, -0.2) is 4.79 Å². The summed E-state index contributed by atoms with van der Waals surface area (Å²) in [5, 5.41) is 6.65. The normalized spacial score (nSPS) is 12.7. The number of alkyl halides is 3. The van der Waals surface area contributed by atoms with Gasteiger partial charge in [0.05, 0.1) is 11.6 Å². The summed E-state index contributed by atoms with van der Waals surface area (Å²) < 4.78 is 37.9. The standard InChI is InChI=1S/C14H14F3N3O2S/c1-2-9(11-4-3-5-23-11)19-13(22)20-10-6-8(14(15,16)17)7-18-12(10)21/h3-7,9H,2H2,1H3,(H,18,21)(H2,19,20,22)/t9-/m0/s1. The first-order valence-electron chi connectivity index (χ1n) is 6.72. The summed E-state index contributed by atoms with van der Waals surface area (Å²) in [7, 11) is 0. The van der Waals surface area contributed by atoms with Crippen LogP contribution >= 0.6 is 11.3 Å². The largest absolute Gasteiger partial charge is 0.417 e. The third-order valence-electron chi connectivity index (χ3n) is 3.08. The molecule has 3 N–H and O–H groups in total. The Morgan fingerprint density at radius 1 is 1.43 bits per heavy atom. The fraction of sp³-hybridized carbons (Fsp3) is 0.286. The van der Waals surface area contributed by atoms with Crippen molar-refractivity contribution in [3.8, 4) is 0 Å². The van der Waals surface area contributed by atoms with Crippen molar-refractivity contribution >= 4 is 23.1 Å². The molecular weight excluding hydrogens is 331 g/mol. The number of amides is 2. The number of thiophene rings is 1. The summed E-state index contributed by atoms with van der Waals surface area (Å²) in [6, 6.07) is 3.26. The number of aromatic amines is 1. The molecule has 124 valence electrons. The van der Waals surface area contributed by atoms with Crippen molar-refractivity contribution in [3.05, 3.63) is 50.6 Å². The average Bonchev–Trinajstić information content (AvgIpc) is 3.00. The SMILES string of the molecule is CC[C@H](NC(=O)Nc1cc(C(F)(F)F)c[nH]c1=O)c1cccs1. The summed E-state index contributed by atoms with van der Waals surface area (Å²) in [6.07, 6.45) is -3.45. The van der Waals surface area contributed by atoms with E-state index < -0.39 is 29.0 Å². The second-order valence-corrected chi connectivity index (χ2v) is 5.68. The Morgan fingerprint density at radius 3 is 2.74 bits per heavy atom. The van der Waals surface area contributed by atoms with Crippen molar-refractivity contribution in [2.24, 2.45) is 0 Å². The summed E-state index contributed by atoms with van der Waals surface area (Å²) >= 11 is 1.45. The number of halogens is 3. The lowest BCUT2D eigenvalue weighted by atomic mass is 10.2. The van der Waals surface area contributed by atoms with Crippen LogP contribution in [0.4, 0.5) is 23.7 Å². The molecule has 0 fully saturated rings. The van der Waals surface area contributed by atoms with E-state index >= 15 is 0 Å². The van der Waals surface area contributed by atoms with Gasteiger partial charge in [0.1, 0.15) is 5.69 Å². The van der Waals surface area contributed by atoms with E-state index in [2.05, 4.69) is 10.6 Å². The molecule has 0 bridgehead atoms. The van der Waals surface area contributed by atoms with Crippen LogP contribution in [-0.2, 0) is 6.18 Å². The molecule has 0 aromatic carbocycles. The Balaban J connectivity index is 2.12. The van der Waals surface area contributed by atoms with Crippen LogP contribution in [0.2, 0.25) is 0 Å². The van der Waals surface area contributed by atoms with Crippen LogP contribution in [-0.4, -0.2) is 11.0 Å². The zero-order valence-corrected chi connectivity index (χ0v) is 12.8. The lowest BCUT2D eigenvalue weighted by molar-refractivity contribution is -0.137. The number of anilines is 1. The minimum Gasteiger partial charge on any atom is -0.330 e. The van der Waals surface area contributed by atoms with Gasteiger partial charge in [0.15, 0.2) is 0 Å². The van der Waals surface area contributed by atoms with Gasteiger partial charge in [-0.15, -0.1) is 11.3 Å². The fourth-order valence-corrected chi connectivity index (χ4v) is 2.78. The van der Waals surface area contributed by atoms with E-state index in [-0.39, 0.29) is 6.04 Å². The molecule has 2 aromatic heterocycles. The molecule has 0 aliphatic heterocycles. The highest BCUT2D eigenvalue weighted by atomic mass is 32.1. The van der Waals surface area contributed by atoms with Crippen molar-refractivity contribution < 1.29 is 18.0 Å². The minimum absolute atomic E-state index is 0.278. The van der Waals surface area contributed by atoms with E-state index in [0.717, 1.165) is 4.88 Å². The second kappa shape index (κ2) is 6.86. The first-order valence-corrected chi connectivity index (χ1v) is 7.60. The number of nitrogens with one attached hydrogen (secondary N) is 3. The van der Waals surface area contributed by atoms with E-state index in [1.165, 1.54) is 11.3 Å². The molecule has 1 atom stereocenters. The lowest BCUT2D eigenvalue weighted by Crippen LogP contribution is -2.34. The van der Waals surface area contributed by atoms with Gasteiger partial charge in [0.2, 0.25) is 0 Å². The van der Waals surface area contributed by atoms with E-state index in [1.54, 1.807) is 0 Å². The Hall–Kier alpha value is -2.29. The highest BCUT2D eigenvalue weighted by Gasteiger charge is 2.31. The van der Waals surface area contributed by atoms with Gasteiger partial charge < -0.3 is 15.6 Å². The van der Waals surface area contributed by atoms with Crippen molar-refractivity contribution in [1.82, 2.24) is 10.3 Å². The molecule has 23 heavy (non-hydrogen) atoms. The predicted octanol–water partition coefficient (Wildman–Crippen LogP) is 3.73. The number of urea groups is 1. The molecule has 0 aliphatic rings. The second-order valence-electron chi connectivity index (χ2n) is 4.70. The molecule has 2 aromatic rings. The quantitative estimate of drug-likeness (QED) is 0.790. The number of aromatic nitrogens is 1. The van der Waals surface area contributed by atoms with Crippen LogP contribution < -0.4 is 16.2 Å². The van der Waals surface area contributed by atoms with E-state index in [0.29, 0.717) is 18.7 Å². The van der Waals surface area contributed by atoms with Crippen molar-refractivity contribution in [2.45, 2.75) is 25.6 Å². The maximum atomic E-state index is 12.6. The number of pyridine rings is 1. The highest BCUT2D eigenvalue weighted by Crippen LogP contribution is 2.29. The van der Waals surface area contributed by atoms with E-state index in [1.807, 2.05) is 29.4 Å². The molecule has 2 amide bonds. The van der Waals surface area contributed by atoms with E-state index in [4.69, 9.17) is 0 Å². The van der Waals surface area contributed by atoms with Crippen LogP contribution in [0.1, 0.15) is 29.8 Å². The molecule has 2 rings (SSSR count). The molecule has 2 heterocycles. The molecule has 0 aliphatic carbocycles. The Kier molecular flexibility index (Phi) is 5.09. The molecule has 5 nitrogen and oxygen atoms in total. The maximum absolute atomic E-state index is 12.6. The van der Waals surface area contributed by atoms with Crippen LogP contribution in [0.3, 0.4) is 0 Å². The Labute approximate surface area is 133 Å². The summed E-state index contributed by atoms with van der Waals surface area (Å²) in [5.74, 6) is 0. The lowest BCUT2D eigenvalue weighted by Gasteiger charge is -2.16. The van der Waals surface area contributed by atoms with Crippen molar-refractivity contribution in [1.29, 1.82) is 0 Å². The summed E-state index contributed by atoms with van der Waals surface area (Å²) in [4.78, 5) is 26.4. The first-order chi connectivity index (χ1) is 10.8. The first kappa shape index (κ1) is 17.1. The zero-order chi connectivity index (χ0) is 17.0. The molecule has 0 spiro atoms. The van der Waals surface area contributed by atoms with Gasteiger partial charge in [-0.05, 0) is 23.9 Å². The Morgan fingerprint density at radius 2 is 2.17 bits per heavy atom. The van der Waals surface area contributed by atoms with E-state index in [9.17, 15) is 22.8 Å². The van der Waals surface area contributed by atoms with Crippen LogP contribution in [0.5, 0.6) is 0 Å². The number of H-pyrrole nitrogens is 1. The monoisotopic (exact) mass is 345 g/mol. The zero-order valence-electron chi connectivity index (χ0n) is 12.0. The maximum Gasteiger partial charge on any atom is 0.417 e. The van der Waals surface area contributed by atoms with Gasteiger partial charge in [0, 0.05) is 11.1 Å². The molecule has 0 radical (unpaired) electrons. The third kappa shape index (κ3) is 4.35. The van der Waals surface area contributed by atoms with Gasteiger partial charge in [-0.3, -0.25) is 4.79 Å². The van der Waals surface area contributed by atoms with Gasteiger partial charge >= 0.3 is 12.2 Å². The van der Waals surface area contributed by atoms with Crippen LogP contribution in [0, 0.1) is 0 Å². The Bertz CT molecular complexity index is 726. The summed E-state index contributed by atoms with van der Waals surface area (Å²) in [5.41, 5.74) is -2.31. The minimum atomic E-state index is -4.61. The van der Waals surface area contributed by atoms with Crippen LogP contribution in [0.25, 0.3) is 0 Å².